The van der Waals surface area contributed by atoms with Gasteiger partial charge in [0.2, 0.25) is 0 Å². The number of hydrogen-bond donors (Lipinski definition) is 1. The minimum atomic E-state index is 0.246. The highest BCUT2D eigenvalue weighted by atomic mass is 35.5. The van der Waals surface area contributed by atoms with E-state index < -0.39 is 0 Å². The molecule has 1 nitrogen and oxygen atoms in total. The molecule has 13 heavy (non-hydrogen) atoms. The molecule has 0 amide bonds. The van der Waals surface area contributed by atoms with Gasteiger partial charge < -0.3 is 5.11 Å². The third kappa shape index (κ3) is 1.97. The maximum atomic E-state index is 9.75. The second-order valence-corrected chi connectivity index (χ2v) is 3.82. The van der Waals surface area contributed by atoms with E-state index in [1.807, 2.05) is 19.1 Å². The molecule has 1 aromatic carbocycles. The van der Waals surface area contributed by atoms with Crippen molar-refractivity contribution in [3.8, 4) is 5.75 Å². The molecule has 1 rings (SSSR count). The molecular formula is C11H15ClO. The smallest absolute Gasteiger partial charge is 0.137 e. The Morgan fingerprint density at radius 1 is 1.46 bits per heavy atom. The first-order valence-corrected chi connectivity index (χ1v) is 4.93. The van der Waals surface area contributed by atoms with Gasteiger partial charge >= 0.3 is 0 Å². The number of benzene rings is 1. The Morgan fingerprint density at radius 2 is 2.08 bits per heavy atom. The Labute approximate surface area is 84.4 Å². The van der Waals surface area contributed by atoms with Crippen molar-refractivity contribution in [1.29, 1.82) is 0 Å². The lowest BCUT2D eigenvalue weighted by atomic mass is 9.96. The van der Waals surface area contributed by atoms with Crippen LogP contribution in [-0.2, 0) is 0 Å². The van der Waals surface area contributed by atoms with E-state index in [1.54, 1.807) is 0 Å². The molecule has 0 bridgehead atoms. The minimum Gasteiger partial charge on any atom is -0.506 e. The fourth-order valence-corrected chi connectivity index (χ4v) is 1.47. The first kappa shape index (κ1) is 10.4. The summed E-state index contributed by atoms with van der Waals surface area (Å²) >= 11 is 5.93. The van der Waals surface area contributed by atoms with Gasteiger partial charge in [-0.2, -0.15) is 0 Å². The second kappa shape index (κ2) is 4.01. The molecule has 0 spiro atoms. The van der Waals surface area contributed by atoms with Gasteiger partial charge in [-0.25, -0.2) is 0 Å². The summed E-state index contributed by atoms with van der Waals surface area (Å²) in [4.78, 5) is 0. The fourth-order valence-electron chi connectivity index (χ4n) is 1.30. The lowest BCUT2D eigenvalue weighted by Crippen LogP contribution is -1.93. The Bertz CT molecular complexity index is 307. The number of phenolic OH excluding ortho intramolecular Hbond substituents is 1. The van der Waals surface area contributed by atoms with E-state index >= 15 is 0 Å². The summed E-state index contributed by atoms with van der Waals surface area (Å²) in [6.45, 7) is 6.07. The van der Waals surface area contributed by atoms with Gasteiger partial charge in [0.15, 0.2) is 0 Å². The van der Waals surface area contributed by atoms with Crippen LogP contribution in [0.2, 0.25) is 5.02 Å². The van der Waals surface area contributed by atoms with Crippen molar-refractivity contribution < 1.29 is 5.11 Å². The van der Waals surface area contributed by atoms with Crippen LogP contribution in [0.3, 0.4) is 0 Å². The largest absolute Gasteiger partial charge is 0.506 e. The monoisotopic (exact) mass is 198 g/mol. The maximum Gasteiger partial charge on any atom is 0.137 e. The summed E-state index contributed by atoms with van der Waals surface area (Å²) in [6, 6.07) is 3.90. The highest BCUT2D eigenvalue weighted by Crippen LogP contribution is 2.35. The van der Waals surface area contributed by atoms with Crippen molar-refractivity contribution >= 4 is 11.6 Å². The van der Waals surface area contributed by atoms with Gasteiger partial charge in [0.25, 0.3) is 0 Å². The van der Waals surface area contributed by atoms with Crippen molar-refractivity contribution in [3.05, 3.63) is 28.3 Å². The minimum absolute atomic E-state index is 0.246. The normalized spacial score (nSPS) is 12.9. The van der Waals surface area contributed by atoms with E-state index in [0.29, 0.717) is 10.9 Å². The number of hydrogen-bond acceptors (Lipinski definition) is 1. The van der Waals surface area contributed by atoms with Crippen LogP contribution in [-0.4, -0.2) is 5.11 Å². The molecule has 1 aromatic rings. The summed E-state index contributed by atoms with van der Waals surface area (Å²) in [7, 11) is 0. The highest BCUT2D eigenvalue weighted by Gasteiger charge is 2.12. The third-order valence-corrected chi connectivity index (χ3v) is 2.96. The molecule has 0 aliphatic carbocycles. The van der Waals surface area contributed by atoms with Crippen molar-refractivity contribution in [2.24, 2.45) is 0 Å². The summed E-state index contributed by atoms with van der Waals surface area (Å²) in [5.74, 6) is 0.606. The fraction of sp³-hybridized carbons (Fsp3) is 0.455. The van der Waals surface area contributed by atoms with E-state index in [1.165, 1.54) is 0 Å². The average molecular weight is 199 g/mol. The van der Waals surface area contributed by atoms with E-state index in [2.05, 4.69) is 13.8 Å². The van der Waals surface area contributed by atoms with Crippen LogP contribution in [0, 0.1) is 6.92 Å². The highest BCUT2D eigenvalue weighted by molar-refractivity contribution is 6.32. The molecule has 0 aliphatic rings. The molecule has 1 N–H and O–H groups in total. The molecule has 72 valence electrons. The Morgan fingerprint density at radius 3 is 2.62 bits per heavy atom. The first-order chi connectivity index (χ1) is 6.07. The lowest BCUT2D eigenvalue weighted by molar-refractivity contribution is 0.461. The predicted octanol–water partition coefficient (Wildman–Crippen LogP) is 3.87. The topological polar surface area (TPSA) is 20.2 Å². The number of halogens is 1. The molecule has 0 saturated heterocycles. The number of phenols is 1. The molecule has 2 heteroatoms. The molecule has 0 radical (unpaired) electrons. The molecule has 0 aromatic heterocycles. The molecule has 0 saturated carbocycles. The van der Waals surface area contributed by atoms with Crippen LogP contribution in [0.15, 0.2) is 12.1 Å². The quantitative estimate of drug-likeness (QED) is 0.765. The summed E-state index contributed by atoms with van der Waals surface area (Å²) < 4.78 is 0. The van der Waals surface area contributed by atoms with E-state index in [9.17, 15) is 5.11 Å². The first-order valence-electron chi connectivity index (χ1n) is 4.55. The van der Waals surface area contributed by atoms with Crippen LogP contribution in [0.1, 0.15) is 37.3 Å². The lowest BCUT2D eigenvalue weighted by Gasteiger charge is -2.13. The van der Waals surface area contributed by atoms with Crippen molar-refractivity contribution in [2.45, 2.75) is 33.1 Å². The van der Waals surface area contributed by atoms with Crippen molar-refractivity contribution in [2.75, 3.05) is 0 Å². The second-order valence-electron chi connectivity index (χ2n) is 3.44. The van der Waals surface area contributed by atoms with Gasteiger partial charge in [0, 0.05) is 0 Å². The summed E-state index contributed by atoms with van der Waals surface area (Å²) in [5, 5.41) is 10.2. The molecule has 0 fully saturated rings. The van der Waals surface area contributed by atoms with Gasteiger partial charge in [-0.1, -0.05) is 37.6 Å². The molecular weight excluding hydrogens is 184 g/mol. The molecule has 1 atom stereocenters. The van der Waals surface area contributed by atoms with Crippen LogP contribution in [0.25, 0.3) is 0 Å². The maximum absolute atomic E-state index is 9.75. The van der Waals surface area contributed by atoms with E-state index in [0.717, 1.165) is 17.5 Å². The van der Waals surface area contributed by atoms with Gasteiger partial charge in [-0.15, -0.1) is 0 Å². The summed E-state index contributed by atoms with van der Waals surface area (Å²) in [6.07, 6.45) is 1.01. The van der Waals surface area contributed by atoms with Crippen molar-refractivity contribution in [3.63, 3.8) is 0 Å². The van der Waals surface area contributed by atoms with Crippen LogP contribution >= 0.6 is 11.6 Å². The standard InChI is InChI=1S/C11H15ClO/c1-4-7(2)9-6-5-8(3)10(12)11(9)13/h5-7,13H,4H2,1-3H3. The SMILES string of the molecule is CCC(C)c1ccc(C)c(Cl)c1O. The molecule has 1 unspecified atom stereocenters. The molecule has 0 heterocycles. The average Bonchev–Trinajstić information content (AvgIpc) is 2.13. The predicted molar refractivity (Wildman–Crippen MR) is 56.6 cm³/mol. The van der Waals surface area contributed by atoms with Crippen LogP contribution < -0.4 is 0 Å². The third-order valence-electron chi connectivity index (χ3n) is 2.48. The van der Waals surface area contributed by atoms with E-state index in [-0.39, 0.29) is 5.75 Å². The van der Waals surface area contributed by atoms with Crippen LogP contribution in [0.4, 0.5) is 0 Å². The zero-order chi connectivity index (χ0) is 10.0. The van der Waals surface area contributed by atoms with Crippen LogP contribution in [0.5, 0.6) is 5.75 Å². The zero-order valence-corrected chi connectivity index (χ0v) is 9.02. The Hall–Kier alpha value is -0.690. The van der Waals surface area contributed by atoms with Gasteiger partial charge in [0.05, 0.1) is 5.02 Å². The summed E-state index contributed by atoms with van der Waals surface area (Å²) in [5.41, 5.74) is 1.87. The van der Waals surface area contributed by atoms with Gasteiger partial charge in [0.1, 0.15) is 5.75 Å². The zero-order valence-electron chi connectivity index (χ0n) is 8.26. The number of aromatic hydroxyl groups is 1. The van der Waals surface area contributed by atoms with Gasteiger partial charge in [-0.05, 0) is 30.4 Å². The number of aryl methyl sites for hydroxylation is 1. The van der Waals surface area contributed by atoms with Crippen molar-refractivity contribution in [1.82, 2.24) is 0 Å². The molecule has 0 aliphatic heterocycles. The number of rotatable bonds is 2. The Kier molecular flexibility index (Phi) is 3.21. The van der Waals surface area contributed by atoms with E-state index in [4.69, 9.17) is 11.6 Å². The van der Waals surface area contributed by atoms with Gasteiger partial charge in [-0.3, -0.25) is 0 Å². The Balaban J connectivity index is 3.18.